The molecule has 0 aliphatic heterocycles. The van der Waals surface area contributed by atoms with Gasteiger partial charge in [0.25, 0.3) is 0 Å². The third kappa shape index (κ3) is 4.13. The largest absolute Gasteiger partial charge is 0.250 e. The molecular weight excluding hydrogens is 352 g/mol. The molecule has 0 spiro atoms. The lowest BCUT2D eigenvalue weighted by molar-refractivity contribution is 0.346. The highest BCUT2D eigenvalue weighted by molar-refractivity contribution is 7.89. The van der Waals surface area contributed by atoms with Crippen molar-refractivity contribution in [1.82, 2.24) is 9.29 Å². The Labute approximate surface area is 155 Å². The molecule has 1 aliphatic rings. The molecule has 1 aliphatic carbocycles. The maximum absolute atomic E-state index is 12.9. The number of rotatable bonds is 6. The van der Waals surface area contributed by atoms with Crippen molar-refractivity contribution in [2.24, 2.45) is 0 Å². The van der Waals surface area contributed by atoms with Crippen molar-refractivity contribution < 1.29 is 8.42 Å². The van der Waals surface area contributed by atoms with Gasteiger partial charge in [0.15, 0.2) is 0 Å². The number of sulfonamides is 1. The first kappa shape index (κ1) is 18.5. The van der Waals surface area contributed by atoms with E-state index in [1.54, 1.807) is 16.9 Å². The Kier molecular flexibility index (Phi) is 5.61. The van der Waals surface area contributed by atoms with Crippen LogP contribution in [0.2, 0.25) is 0 Å². The standard InChI is InChI=1S/C19H26N2O2S2/c1-14-7-9-16(10-8-14)17-5-4-6-18(17)21(3)25(22,23)12-11-19-15(2)20-13-24-19/h7-10,13,17-18H,4-6,11-12H2,1-3H3. The summed E-state index contributed by atoms with van der Waals surface area (Å²) in [6, 6.07) is 8.60. The van der Waals surface area contributed by atoms with Gasteiger partial charge in [-0.15, -0.1) is 11.3 Å². The average Bonchev–Trinajstić information content (AvgIpc) is 3.22. The van der Waals surface area contributed by atoms with Gasteiger partial charge in [-0.1, -0.05) is 36.2 Å². The molecule has 0 bridgehead atoms. The van der Waals surface area contributed by atoms with E-state index in [0.29, 0.717) is 12.3 Å². The zero-order valence-corrected chi connectivity index (χ0v) is 16.7. The summed E-state index contributed by atoms with van der Waals surface area (Å²) in [5.74, 6) is 0.453. The molecule has 0 N–H and O–H groups in total. The van der Waals surface area contributed by atoms with Crippen LogP contribution in [-0.2, 0) is 16.4 Å². The SMILES string of the molecule is Cc1ccc(C2CCCC2N(C)S(=O)(=O)CCc2scnc2C)cc1. The van der Waals surface area contributed by atoms with E-state index in [-0.39, 0.29) is 11.8 Å². The summed E-state index contributed by atoms with van der Waals surface area (Å²) >= 11 is 1.54. The fourth-order valence-electron chi connectivity index (χ4n) is 3.72. The molecule has 2 unspecified atom stereocenters. The van der Waals surface area contributed by atoms with Crippen LogP contribution in [-0.4, -0.2) is 36.5 Å². The highest BCUT2D eigenvalue weighted by atomic mass is 32.2. The Hall–Kier alpha value is -1.24. The summed E-state index contributed by atoms with van der Waals surface area (Å²) in [6.07, 6.45) is 3.62. The van der Waals surface area contributed by atoms with Gasteiger partial charge in [0.1, 0.15) is 0 Å². The molecule has 1 aromatic carbocycles. The Morgan fingerprint density at radius 1 is 1.20 bits per heavy atom. The number of nitrogens with zero attached hydrogens (tertiary/aromatic N) is 2. The lowest BCUT2D eigenvalue weighted by atomic mass is 9.93. The Balaban J connectivity index is 1.72. The lowest BCUT2D eigenvalue weighted by Crippen LogP contribution is -2.40. The molecule has 0 saturated heterocycles. The molecule has 1 fully saturated rings. The van der Waals surface area contributed by atoms with Crippen LogP contribution in [0.1, 0.15) is 46.9 Å². The molecule has 1 heterocycles. The van der Waals surface area contributed by atoms with Crippen molar-refractivity contribution in [1.29, 1.82) is 0 Å². The van der Waals surface area contributed by atoms with Crippen LogP contribution in [0.25, 0.3) is 0 Å². The van der Waals surface area contributed by atoms with E-state index in [4.69, 9.17) is 0 Å². The van der Waals surface area contributed by atoms with Crippen molar-refractivity contribution in [3.8, 4) is 0 Å². The average molecular weight is 379 g/mol. The van der Waals surface area contributed by atoms with Gasteiger partial charge in [-0.05, 0) is 38.7 Å². The van der Waals surface area contributed by atoms with E-state index in [1.165, 1.54) is 22.5 Å². The van der Waals surface area contributed by atoms with Crippen molar-refractivity contribution in [3.63, 3.8) is 0 Å². The number of thiazole rings is 1. The molecule has 2 aromatic rings. The van der Waals surface area contributed by atoms with Crippen LogP contribution < -0.4 is 0 Å². The van der Waals surface area contributed by atoms with E-state index in [2.05, 4.69) is 36.2 Å². The Bertz CT molecular complexity index is 812. The monoisotopic (exact) mass is 378 g/mol. The van der Waals surface area contributed by atoms with Crippen molar-refractivity contribution in [2.75, 3.05) is 12.8 Å². The van der Waals surface area contributed by atoms with Crippen LogP contribution in [0.5, 0.6) is 0 Å². The van der Waals surface area contributed by atoms with Gasteiger partial charge in [0, 0.05) is 23.9 Å². The topological polar surface area (TPSA) is 50.3 Å². The van der Waals surface area contributed by atoms with E-state index in [0.717, 1.165) is 29.8 Å². The van der Waals surface area contributed by atoms with Crippen LogP contribution in [0.3, 0.4) is 0 Å². The number of likely N-dealkylation sites (N-methyl/N-ethyl adjacent to an activating group) is 1. The van der Waals surface area contributed by atoms with E-state index < -0.39 is 10.0 Å². The van der Waals surface area contributed by atoms with Gasteiger partial charge >= 0.3 is 0 Å². The molecule has 6 heteroatoms. The minimum Gasteiger partial charge on any atom is -0.250 e. The Morgan fingerprint density at radius 2 is 1.92 bits per heavy atom. The third-order valence-corrected chi connectivity index (χ3v) is 8.19. The van der Waals surface area contributed by atoms with Crippen LogP contribution in [0, 0.1) is 13.8 Å². The molecule has 25 heavy (non-hydrogen) atoms. The zero-order chi connectivity index (χ0) is 18.0. The van der Waals surface area contributed by atoms with Gasteiger partial charge in [0.05, 0.1) is 17.0 Å². The molecule has 1 saturated carbocycles. The third-order valence-electron chi connectivity index (χ3n) is 5.32. The lowest BCUT2D eigenvalue weighted by Gasteiger charge is -2.29. The molecule has 136 valence electrons. The number of hydrogen-bond acceptors (Lipinski definition) is 4. The number of aromatic nitrogens is 1. The first-order valence-electron chi connectivity index (χ1n) is 8.80. The van der Waals surface area contributed by atoms with Crippen LogP contribution >= 0.6 is 11.3 Å². The van der Waals surface area contributed by atoms with Crippen molar-refractivity contribution in [2.45, 2.75) is 51.5 Å². The van der Waals surface area contributed by atoms with E-state index in [9.17, 15) is 8.42 Å². The highest BCUT2D eigenvalue weighted by Gasteiger charge is 2.36. The van der Waals surface area contributed by atoms with Gasteiger partial charge in [0.2, 0.25) is 10.0 Å². The molecule has 3 rings (SSSR count). The first-order valence-corrected chi connectivity index (χ1v) is 11.3. The van der Waals surface area contributed by atoms with Gasteiger partial charge in [-0.25, -0.2) is 17.7 Å². The highest BCUT2D eigenvalue weighted by Crippen LogP contribution is 2.38. The zero-order valence-electron chi connectivity index (χ0n) is 15.1. The van der Waals surface area contributed by atoms with E-state index in [1.807, 2.05) is 6.92 Å². The fraction of sp³-hybridized carbons (Fsp3) is 0.526. The number of benzene rings is 1. The summed E-state index contributed by atoms with van der Waals surface area (Å²) < 4.78 is 27.4. The molecule has 0 radical (unpaired) electrons. The van der Waals surface area contributed by atoms with Crippen molar-refractivity contribution >= 4 is 21.4 Å². The fourth-order valence-corrected chi connectivity index (χ4v) is 6.04. The minimum absolute atomic E-state index is 0.0651. The number of aryl methyl sites for hydroxylation is 3. The molecule has 4 nitrogen and oxygen atoms in total. The normalized spacial score (nSPS) is 21.1. The molecular formula is C19H26N2O2S2. The smallest absolute Gasteiger partial charge is 0.214 e. The second kappa shape index (κ2) is 7.56. The molecule has 1 aromatic heterocycles. The molecule has 0 amide bonds. The van der Waals surface area contributed by atoms with Crippen LogP contribution in [0.15, 0.2) is 29.8 Å². The Morgan fingerprint density at radius 3 is 2.56 bits per heavy atom. The summed E-state index contributed by atoms with van der Waals surface area (Å²) in [5.41, 5.74) is 5.22. The first-order chi connectivity index (χ1) is 11.9. The van der Waals surface area contributed by atoms with Crippen molar-refractivity contribution in [3.05, 3.63) is 51.5 Å². The summed E-state index contributed by atoms with van der Waals surface area (Å²) in [4.78, 5) is 5.28. The predicted molar refractivity (Wildman–Crippen MR) is 104 cm³/mol. The van der Waals surface area contributed by atoms with Gasteiger partial charge in [-0.2, -0.15) is 0 Å². The minimum atomic E-state index is -3.27. The summed E-state index contributed by atoms with van der Waals surface area (Å²) in [5, 5.41) is 0. The van der Waals surface area contributed by atoms with Crippen LogP contribution in [0.4, 0.5) is 0 Å². The van der Waals surface area contributed by atoms with Gasteiger partial charge < -0.3 is 0 Å². The summed E-state index contributed by atoms with van der Waals surface area (Å²) in [6.45, 7) is 4.01. The maximum atomic E-state index is 12.9. The maximum Gasteiger partial charge on any atom is 0.214 e. The molecule has 2 atom stereocenters. The number of hydrogen-bond donors (Lipinski definition) is 0. The van der Waals surface area contributed by atoms with E-state index >= 15 is 0 Å². The second-order valence-electron chi connectivity index (χ2n) is 6.96. The quantitative estimate of drug-likeness (QED) is 0.766. The second-order valence-corrected chi connectivity index (χ2v) is 10.0. The summed E-state index contributed by atoms with van der Waals surface area (Å²) in [7, 11) is -1.52. The van der Waals surface area contributed by atoms with Gasteiger partial charge in [-0.3, -0.25) is 0 Å². The predicted octanol–water partition coefficient (Wildman–Crippen LogP) is 3.90.